The SMILES string of the molecule is [B]c1ccccc1-c1cccc(OC)c1. The molecule has 0 heterocycles. The second-order valence-corrected chi connectivity index (χ2v) is 3.32. The summed E-state index contributed by atoms with van der Waals surface area (Å²) in [7, 11) is 7.56. The molecule has 0 saturated heterocycles. The molecule has 2 rings (SSSR count). The van der Waals surface area contributed by atoms with Crippen LogP contribution in [0.25, 0.3) is 11.1 Å². The van der Waals surface area contributed by atoms with Crippen molar-refractivity contribution in [3.05, 3.63) is 48.5 Å². The van der Waals surface area contributed by atoms with Gasteiger partial charge in [-0.05, 0) is 23.3 Å². The Morgan fingerprint density at radius 3 is 2.53 bits per heavy atom. The van der Waals surface area contributed by atoms with Crippen LogP contribution >= 0.6 is 0 Å². The van der Waals surface area contributed by atoms with Crippen LogP contribution in [0.1, 0.15) is 0 Å². The van der Waals surface area contributed by atoms with Crippen molar-refractivity contribution >= 4 is 13.3 Å². The second-order valence-electron chi connectivity index (χ2n) is 3.32. The third-order valence-corrected chi connectivity index (χ3v) is 2.34. The first kappa shape index (κ1) is 9.84. The minimum atomic E-state index is 0.783. The molecule has 2 aromatic carbocycles. The molecule has 0 unspecified atom stereocenters. The van der Waals surface area contributed by atoms with Crippen molar-refractivity contribution in [2.24, 2.45) is 0 Å². The summed E-state index contributed by atoms with van der Waals surface area (Å²) < 4.78 is 5.18. The Morgan fingerprint density at radius 1 is 1.00 bits per heavy atom. The Kier molecular flexibility index (Phi) is 2.77. The highest BCUT2D eigenvalue weighted by atomic mass is 16.5. The zero-order valence-electron chi connectivity index (χ0n) is 8.60. The maximum Gasteiger partial charge on any atom is 0.119 e. The van der Waals surface area contributed by atoms with Gasteiger partial charge in [0.1, 0.15) is 13.6 Å². The van der Waals surface area contributed by atoms with Gasteiger partial charge >= 0.3 is 0 Å². The lowest BCUT2D eigenvalue weighted by molar-refractivity contribution is 0.415. The Hall–Kier alpha value is -1.70. The van der Waals surface area contributed by atoms with Crippen LogP contribution < -0.4 is 10.2 Å². The first-order chi connectivity index (χ1) is 7.31. The van der Waals surface area contributed by atoms with Gasteiger partial charge in [0.25, 0.3) is 0 Å². The fraction of sp³-hybridized carbons (Fsp3) is 0.0769. The summed E-state index contributed by atoms with van der Waals surface area (Å²) in [6.45, 7) is 0. The van der Waals surface area contributed by atoms with E-state index in [9.17, 15) is 0 Å². The van der Waals surface area contributed by atoms with Crippen molar-refractivity contribution in [2.75, 3.05) is 7.11 Å². The third kappa shape index (κ3) is 2.04. The number of rotatable bonds is 2. The molecule has 0 amide bonds. The van der Waals surface area contributed by atoms with Crippen LogP contribution in [0.2, 0.25) is 0 Å². The highest BCUT2D eigenvalue weighted by Gasteiger charge is 2.01. The minimum absolute atomic E-state index is 0.783. The molecular weight excluding hydrogens is 183 g/mol. The van der Waals surface area contributed by atoms with E-state index in [4.69, 9.17) is 12.6 Å². The molecule has 0 aliphatic heterocycles. The van der Waals surface area contributed by atoms with Crippen molar-refractivity contribution in [3.8, 4) is 16.9 Å². The van der Waals surface area contributed by atoms with E-state index >= 15 is 0 Å². The Bertz CT molecular complexity index is 466. The van der Waals surface area contributed by atoms with Gasteiger partial charge in [-0.25, -0.2) is 0 Å². The molecule has 0 aliphatic carbocycles. The monoisotopic (exact) mass is 194 g/mol. The standard InChI is InChI=1S/C13H11BO/c1-15-11-6-4-5-10(9-11)12-7-2-3-8-13(12)14/h2-9H,1H3. The summed E-state index contributed by atoms with van der Waals surface area (Å²) in [6, 6.07) is 15.7. The van der Waals surface area contributed by atoms with Gasteiger partial charge in [-0.3, -0.25) is 0 Å². The Labute approximate surface area is 91.1 Å². The molecule has 0 fully saturated rings. The molecule has 0 aromatic heterocycles. The van der Waals surface area contributed by atoms with Gasteiger partial charge in [-0.1, -0.05) is 41.9 Å². The summed E-state index contributed by atoms with van der Waals surface area (Å²) in [5, 5.41) is 0. The van der Waals surface area contributed by atoms with Gasteiger partial charge in [-0.2, -0.15) is 0 Å². The first-order valence-corrected chi connectivity index (χ1v) is 4.80. The smallest absolute Gasteiger partial charge is 0.119 e. The van der Waals surface area contributed by atoms with Crippen LogP contribution in [0.4, 0.5) is 0 Å². The summed E-state index contributed by atoms with van der Waals surface area (Å²) in [5.74, 6) is 0.843. The van der Waals surface area contributed by atoms with Crippen molar-refractivity contribution in [1.29, 1.82) is 0 Å². The van der Waals surface area contributed by atoms with E-state index in [-0.39, 0.29) is 0 Å². The van der Waals surface area contributed by atoms with Crippen LogP contribution in [-0.2, 0) is 0 Å². The van der Waals surface area contributed by atoms with Crippen LogP contribution in [0.15, 0.2) is 48.5 Å². The summed E-state index contributed by atoms with van der Waals surface area (Å²) >= 11 is 0. The van der Waals surface area contributed by atoms with Crippen LogP contribution in [0.5, 0.6) is 5.75 Å². The highest BCUT2D eigenvalue weighted by Crippen LogP contribution is 2.21. The quantitative estimate of drug-likeness (QED) is 0.665. The van der Waals surface area contributed by atoms with Gasteiger partial charge in [0.2, 0.25) is 0 Å². The molecule has 0 bridgehead atoms. The summed E-state index contributed by atoms with van der Waals surface area (Å²) in [5.41, 5.74) is 2.90. The number of benzene rings is 2. The molecule has 0 atom stereocenters. The second kappa shape index (κ2) is 4.22. The average Bonchev–Trinajstić information content (AvgIpc) is 2.30. The zero-order chi connectivity index (χ0) is 10.7. The number of hydrogen-bond donors (Lipinski definition) is 0. The van der Waals surface area contributed by atoms with E-state index in [1.54, 1.807) is 7.11 Å². The first-order valence-electron chi connectivity index (χ1n) is 4.80. The van der Waals surface area contributed by atoms with Crippen LogP contribution in [0.3, 0.4) is 0 Å². The average molecular weight is 194 g/mol. The predicted octanol–water partition coefficient (Wildman–Crippen LogP) is 2.16. The van der Waals surface area contributed by atoms with Gasteiger partial charge < -0.3 is 4.74 Å². The largest absolute Gasteiger partial charge is 0.497 e. The fourth-order valence-electron chi connectivity index (χ4n) is 1.55. The number of ether oxygens (including phenoxy) is 1. The molecule has 15 heavy (non-hydrogen) atoms. The number of methoxy groups -OCH3 is 1. The predicted molar refractivity (Wildman–Crippen MR) is 63.8 cm³/mol. The molecule has 2 aromatic rings. The van der Waals surface area contributed by atoms with E-state index in [1.165, 1.54) is 0 Å². The van der Waals surface area contributed by atoms with Gasteiger partial charge in [-0.15, -0.1) is 0 Å². The maximum absolute atomic E-state index is 5.90. The Balaban J connectivity index is 2.49. The summed E-state index contributed by atoms with van der Waals surface area (Å²) in [6.07, 6.45) is 0. The molecule has 2 radical (unpaired) electrons. The molecule has 1 nitrogen and oxygen atoms in total. The maximum atomic E-state index is 5.90. The minimum Gasteiger partial charge on any atom is -0.497 e. The fourth-order valence-corrected chi connectivity index (χ4v) is 1.55. The van der Waals surface area contributed by atoms with Gasteiger partial charge in [0, 0.05) is 0 Å². The topological polar surface area (TPSA) is 9.23 Å². The Morgan fingerprint density at radius 2 is 1.80 bits per heavy atom. The van der Waals surface area contributed by atoms with Crippen molar-refractivity contribution in [1.82, 2.24) is 0 Å². The molecular formula is C13H11BO. The molecule has 0 spiro atoms. The van der Waals surface area contributed by atoms with E-state index in [0.29, 0.717) is 0 Å². The highest BCUT2D eigenvalue weighted by molar-refractivity contribution is 6.35. The summed E-state index contributed by atoms with van der Waals surface area (Å²) in [4.78, 5) is 0. The molecule has 0 N–H and O–H groups in total. The van der Waals surface area contributed by atoms with Gasteiger partial charge in [0.15, 0.2) is 0 Å². The third-order valence-electron chi connectivity index (χ3n) is 2.34. The van der Waals surface area contributed by atoms with E-state index < -0.39 is 0 Å². The molecule has 0 saturated carbocycles. The lowest BCUT2D eigenvalue weighted by Crippen LogP contribution is -2.05. The van der Waals surface area contributed by atoms with E-state index in [2.05, 4.69) is 0 Å². The van der Waals surface area contributed by atoms with Crippen molar-refractivity contribution < 1.29 is 4.74 Å². The van der Waals surface area contributed by atoms with Gasteiger partial charge in [0.05, 0.1) is 7.11 Å². The number of hydrogen-bond acceptors (Lipinski definition) is 1. The molecule has 0 aliphatic rings. The zero-order valence-corrected chi connectivity index (χ0v) is 8.60. The lowest BCUT2D eigenvalue weighted by atomic mass is 9.87. The van der Waals surface area contributed by atoms with E-state index in [0.717, 1.165) is 22.3 Å². The molecule has 72 valence electrons. The lowest BCUT2D eigenvalue weighted by Gasteiger charge is -2.07. The van der Waals surface area contributed by atoms with Crippen molar-refractivity contribution in [2.45, 2.75) is 0 Å². The molecule has 2 heteroatoms. The van der Waals surface area contributed by atoms with E-state index in [1.807, 2.05) is 48.5 Å². The van der Waals surface area contributed by atoms with Crippen LogP contribution in [-0.4, -0.2) is 15.0 Å². The van der Waals surface area contributed by atoms with Crippen LogP contribution in [0, 0.1) is 0 Å². The normalized spacial score (nSPS) is 9.93. The van der Waals surface area contributed by atoms with Crippen molar-refractivity contribution in [3.63, 3.8) is 0 Å².